The zero-order chi connectivity index (χ0) is 18.5. The maximum absolute atomic E-state index is 12.2. The van der Waals surface area contributed by atoms with Crippen molar-refractivity contribution in [3.63, 3.8) is 0 Å². The van der Waals surface area contributed by atoms with Gasteiger partial charge in [0.2, 0.25) is 0 Å². The SMILES string of the molecule is O=C(NC(=S)Nc1ccc(-c2ccc(CO)o2)cc1)c1cccc(I)c1. The lowest BCUT2D eigenvalue weighted by molar-refractivity contribution is 0.0977. The maximum atomic E-state index is 12.2. The summed E-state index contributed by atoms with van der Waals surface area (Å²) in [5.41, 5.74) is 2.17. The van der Waals surface area contributed by atoms with Gasteiger partial charge in [-0.15, -0.1) is 0 Å². The second-order valence-electron chi connectivity index (χ2n) is 5.42. The summed E-state index contributed by atoms with van der Waals surface area (Å²) < 4.78 is 6.48. The van der Waals surface area contributed by atoms with E-state index < -0.39 is 0 Å². The Morgan fingerprint density at radius 3 is 2.54 bits per heavy atom. The zero-order valence-electron chi connectivity index (χ0n) is 13.5. The minimum atomic E-state index is -0.259. The first-order valence-electron chi connectivity index (χ1n) is 7.73. The molecule has 0 aliphatic carbocycles. The summed E-state index contributed by atoms with van der Waals surface area (Å²) in [6.45, 7) is -0.131. The molecule has 3 N–H and O–H groups in total. The highest BCUT2D eigenvalue weighted by Crippen LogP contribution is 2.23. The largest absolute Gasteiger partial charge is 0.459 e. The second-order valence-corrected chi connectivity index (χ2v) is 7.07. The van der Waals surface area contributed by atoms with Gasteiger partial charge in [-0.3, -0.25) is 10.1 Å². The van der Waals surface area contributed by atoms with E-state index >= 15 is 0 Å². The lowest BCUT2D eigenvalue weighted by Crippen LogP contribution is -2.34. The van der Waals surface area contributed by atoms with E-state index in [1.165, 1.54) is 0 Å². The van der Waals surface area contributed by atoms with E-state index in [1.807, 2.05) is 36.4 Å². The zero-order valence-corrected chi connectivity index (χ0v) is 16.5. The van der Waals surface area contributed by atoms with Crippen molar-refractivity contribution < 1.29 is 14.3 Å². The molecule has 3 rings (SSSR count). The number of carbonyl (C=O) groups excluding carboxylic acids is 1. The number of furan rings is 1. The number of anilines is 1. The maximum Gasteiger partial charge on any atom is 0.257 e. The highest BCUT2D eigenvalue weighted by atomic mass is 127. The summed E-state index contributed by atoms with van der Waals surface area (Å²) in [6, 6.07) is 18.2. The van der Waals surface area contributed by atoms with Gasteiger partial charge in [0.1, 0.15) is 18.1 Å². The number of rotatable bonds is 4. The number of halogens is 1. The van der Waals surface area contributed by atoms with E-state index in [0.29, 0.717) is 17.1 Å². The molecule has 0 atom stereocenters. The molecule has 1 heterocycles. The third-order valence-electron chi connectivity index (χ3n) is 3.56. The summed E-state index contributed by atoms with van der Waals surface area (Å²) in [7, 11) is 0. The van der Waals surface area contributed by atoms with Crippen molar-refractivity contribution in [1.82, 2.24) is 5.32 Å². The molecular weight excluding hydrogens is 463 g/mol. The summed E-state index contributed by atoms with van der Waals surface area (Å²) in [5.74, 6) is 0.932. The van der Waals surface area contributed by atoms with Crippen LogP contribution in [0.4, 0.5) is 5.69 Å². The Hall–Kier alpha value is -2.23. The van der Waals surface area contributed by atoms with Crippen LogP contribution in [0.1, 0.15) is 16.1 Å². The fraction of sp³-hybridized carbons (Fsp3) is 0.0526. The molecule has 1 amide bonds. The lowest BCUT2D eigenvalue weighted by atomic mass is 10.1. The quantitative estimate of drug-likeness (QED) is 0.388. The standard InChI is InChI=1S/C19H15IN2O3S/c20-14-3-1-2-13(10-14)18(24)22-19(26)21-15-6-4-12(5-7-15)17-9-8-16(11-23)25-17/h1-10,23H,11H2,(H2,21,22,24,26). The molecular formula is C19H15IN2O3S. The van der Waals surface area contributed by atoms with Gasteiger partial charge < -0.3 is 14.8 Å². The van der Waals surface area contributed by atoms with Crippen LogP contribution in [-0.4, -0.2) is 16.1 Å². The van der Waals surface area contributed by atoms with Crippen molar-refractivity contribution in [3.05, 3.63) is 75.6 Å². The van der Waals surface area contributed by atoms with Crippen LogP contribution in [0.15, 0.2) is 65.1 Å². The Kier molecular flexibility index (Phi) is 6.02. The lowest BCUT2D eigenvalue weighted by Gasteiger charge is -2.10. The Bertz CT molecular complexity index is 938. The summed E-state index contributed by atoms with van der Waals surface area (Å²) in [6.07, 6.45) is 0. The Labute approximate surface area is 169 Å². The van der Waals surface area contributed by atoms with Crippen LogP contribution >= 0.6 is 34.8 Å². The van der Waals surface area contributed by atoms with E-state index in [1.54, 1.807) is 24.3 Å². The molecule has 0 saturated heterocycles. The van der Waals surface area contributed by atoms with Gasteiger partial charge >= 0.3 is 0 Å². The average Bonchev–Trinajstić information content (AvgIpc) is 3.11. The van der Waals surface area contributed by atoms with E-state index in [0.717, 1.165) is 14.8 Å². The van der Waals surface area contributed by atoms with E-state index in [2.05, 4.69) is 33.2 Å². The third-order valence-corrected chi connectivity index (χ3v) is 4.43. The highest BCUT2D eigenvalue weighted by molar-refractivity contribution is 14.1. The van der Waals surface area contributed by atoms with Gasteiger partial charge in [-0.05, 0) is 89.4 Å². The number of benzene rings is 2. The monoisotopic (exact) mass is 478 g/mol. The van der Waals surface area contributed by atoms with Gasteiger partial charge in [-0.2, -0.15) is 0 Å². The van der Waals surface area contributed by atoms with Crippen molar-refractivity contribution in [2.45, 2.75) is 6.61 Å². The van der Waals surface area contributed by atoms with Crippen LogP contribution in [0.3, 0.4) is 0 Å². The molecule has 132 valence electrons. The number of nitrogens with one attached hydrogen (secondary N) is 2. The predicted molar refractivity (Wildman–Crippen MR) is 113 cm³/mol. The average molecular weight is 478 g/mol. The fourth-order valence-corrected chi connectivity index (χ4v) is 3.06. The number of thiocarbonyl (C=S) groups is 1. The first-order chi connectivity index (χ1) is 12.5. The molecule has 1 aromatic heterocycles. The molecule has 2 aromatic carbocycles. The first-order valence-corrected chi connectivity index (χ1v) is 9.22. The first kappa shape index (κ1) is 18.6. The molecule has 0 unspecified atom stereocenters. The normalized spacial score (nSPS) is 10.4. The molecule has 0 aliphatic rings. The Morgan fingerprint density at radius 2 is 1.88 bits per heavy atom. The third kappa shape index (κ3) is 4.69. The number of aliphatic hydroxyl groups excluding tert-OH is 1. The number of hydrogen-bond acceptors (Lipinski definition) is 4. The Balaban J connectivity index is 1.61. The van der Waals surface area contributed by atoms with Crippen molar-refractivity contribution in [2.75, 3.05) is 5.32 Å². The summed E-state index contributed by atoms with van der Waals surface area (Å²) in [4.78, 5) is 12.2. The van der Waals surface area contributed by atoms with E-state index in [-0.39, 0.29) is 17.6 Å². The summed E-state index contributed by atoms with van der Waals surface area (Å²) >= 11 is 7.35. The molecule has 0 bridgehead atoms. The van der Waals surface area contributed by atoms with Crippen LogP contribution < -0.4 is 10.6 Å². The number of carbonyl (C=O) groups is 1. The topological polar surface area (TPSA) is 74.5 Å². The second kappa shape index (κ2) is 8.43. The molecule has 0 fully saturated rings. The van der Waals surface area contributed by atoms with Crippen LogP contribution in [0.2, 0.25) is 0 Å². The van der Waals surface area contributed by atoms with Crippen molar-refractivity contribution >= 4 is 51.5 Å². The van der Waals surface area contributed by atoms with Crippen LogP contribution in [0, 0.1) is 3.57 Å². The van der Waals surface area contributed by atoms with Crippen LogP contribution in [-0.2, 0) is 6.61 Å². The van der Waals surface area contributed by atoms with Crippen molar-refractivity contribution in [3.8, 4) is 11.3 Å². The molecule has 7 heteroatoms. The molecule has 0 aliphatic heterocycles. The number of hydrogen-bond donors (Lipinski definition) is 3. The van der Waals surface area contributed by atoms with Gasteiger partial charge in [0.15, 0.2) is 5.11 Å². The van der Waals surface area contributed by atoms with Gasteiger partial charge in [-0.25, -0.2) is 0 Å². The molecule has 26 heavy (non-hydrogen) atoms. The fourth-order valence-electron chi connectivity index (χ4n) is 2.30. The number of amides is 1. The molecule has 5 nitrogen and oxygen atoms in total. The molecule has 0 spiro atoms. The van der Waals surface area contributed by atoms with E-state index in [4.69, 9.17) is 21.7 Å². The molecule has 0 radical (unpaired) electrons. The van der Waals surface area contributed by atoms with Gasteiger partial charge in [0.05, 0.1) is 0 Å². The smallest absolute Gasteiger partial charge is 0.257 e. The van der Waals surface area contributed by atoms with Crippen molar-refractivity contribution in [1.29, 1.82) is 0 Å². The van der Waals surface area contributed by atoms with Gasteiger partial charge in [0.25, 0.3) is 5.91 Å². The summed E-state index contributed by atoms with van der Waals surface area (Å²) in [5, 5.41) is 14.9. The van der Waals surface area contributed by atoms with Crippen molar-refractivity contribution in [2.24, 2.45) is 0 Å². The van der Waals surface area contributed by atoms with Crippen LogP contribution in [0.5, 0.6) is 0 Å². The van der Waals surface area contributed by atoms with Crippen LogP contribution in [0.25, 0.3) is 11.3 Å². The number of aliphatic hydroxyl groups is 1. The van der Waals surface area contributed by atoms with Gasteiger partial charge in [-0.1, -0.05) is 6.07 Å². The highest BCUT2D eigenvalue weighted by Gasteiger charge is 2.09. The minimum absolute atomic E-state index is 0.131. The van der Waals surface area contributed by atoms with Gasteiger partial charge in [0, 0.05) is 20.4 Å². The minimum Gasteiger partial charge on any atom is -0.459 e. The van der Waals surface area contributed by atoms with E-state index in [9.17, 15) is 4.79 Å². The Morgan fingerprint density at radius 1 is 1.12 bits per heavy atom. The molecule has 3 aromatic rings. The molecule has 0 saturated carbocycles. The predicted octanol–water partition coefficient (Wildman–Crippen LogP) is 4.17.